The Hall–Kier alpha value is -0.490. The van der Waals surface area contributed by atoms with Gasteiger partial charge in [-0.1, -0.05) is 0 Å². The highest BCUT2D eigenvalue weighted by Crippen LogP contribution is 2.09. The monoisotopic (exact) mass is 262 g/mol. The summed E-state index contributed by atoms with van der Waals surface area (Å²) in [6.45, 7) is 2.06. The first kappa shape index (κ1) is 13.6. The van der Waals surface area contributed by atoms with Gasteiger partial charge in [0.2, 0.25) is 5.78 Å². The summed E-state index contributed by atoms with van der Waals surface area (Å²) in [6.07, 6.45) is 3.98. The van der Waals surface area contributed by atoms with Gasteiger partial charge in [0.15, 0.2) is 5.01 Å². The van der Waals surface area contributed by atoms with Crippen molar-refractivity contribution in [3.63, 3.8) is 0 Å². The van der Waals surface area contributed by atoms with Gasteiger partial charge in [0.05, 0.1) is 6.10 Å². The van der Waals surface area contributed by atoms with Crippen LogP contribution in [-0.2, 0) is 4.74 Å². The van der Waals surface area contributed by atoms with E-state index in [0.29, 0.717) is 5.01 Å². The SMILES string of the molecule is Cl.O=C(CO[C@@H]1CCCNC1)c1nccs1. The smallest absolute Gasteiger partial charge is 0.216 e. The Bertz CT molecular complexity index is 313. The Kier molecular flexibility index (Phi) is 5.90. The molecule has 2 rings (SSSR count). The molecule has 1 fully saturated rings. The van der Waals surface area contributed by atoms with Crippen molar-refractivity contribution < 1.29 is 9.53 Å². The molecule has 0 aliphatic carbocycles. The highest BCUT2D eigenvalue weighted by Gasteiger charge is 2.16. The van der Waals surface area contributed by atoms with Gasteiger partial charge in [0, 0.05) is 18.1 Å². The molecule has 0 bridgehead atoms. The van der Waals surface area contributed by atoms with Crippen LogP contribution in [0.5, 0.6) is 0 Å². The Balaban J connectivity index is 0.00000128. The lowest BCUT2D eigenvalue weighted by Gasteiger charge is -2.22. The van der Waals surface area contributed by atoms with Crippen LogP contribution in [0, 0.1) is 0 Å². The van der Waals surface area contributed by atoms with Crippen LogP contribution in [0.3, 0.4) is 0 Å². The number of halogens is 1. The number of hydrogen-bond acceptors (Lipinski definition) is 5. The molecule has 0 amide bonds. The van der Waals surface area contributed by atoms with E-state index in [-0.39, 0.29) is 30.9 Å². The number of thiazole rings is 1. The lowest BCUT2D eigenvalue weighted by atomic mass is 10.1. The van der Waals surface area contributed by atoms with Gasteiger partial charge in [-0.25, -0.2) is 4.98 Å². The predicted molar refractivity (Wildman–Crippen MR) is 65.5 cm³/mol. The van der Waals surface area contributed by atoms with Crippen molar-refractivity contribution >= 4 is 29.5 Å². The number of aromatic nitrogens is 1. The fourth-order valence-corrected chi connectivity index (χ4v) is 2.14. The Morgan fingerprint density at radius 3 is 3.19 bits per heavy atom. The van der Waals surface area contributed by atoms with Gasteiger partial charge in [-0.2, -0.15) is 0 Å². The maximum atomic E-state index is 11.6. The molecule has 0 spiro atoms. The van der Waals surface area contributed by atoms with Crippen LogP contribution < -0.4 is 5.32 Å². The largest absolute Gasteiger partial charge is 0.369 e. The number of hydrogen-bond donors (Lipinski definition) is 1. The second kappa shape index (κ2) is 6.96. The van der Waals surface area contributed by atoms with Crippen molar-refractivity contribution in [1.82, 2.24) is 10.3 Å². The van der Waals surface area contributed by atoms with Crippen molar-refractivity contribution in [2.24, 2.45) is 0 Å². The molecule has 0 radical (unpaired) electrons. The van der Waals surface area contributed by atoms with E-state index in [0.717, 1.165) is 25.9 Å². The van der Waals surface area contributed by atoms with Crippen LogP contribution in [0.1, 0.15) is 22.6 Å². The summed E-state index contributed by atoms with van der Waals surface area (Å²) in [7, 11) is 0. The highest BCUT2D eigenvalue weighted by molar-refractivity contribution is 7.11. The van der Waals surface area contributed by atoms with Crippen LogP contribution in [0.15, 0.2) is 11.6 Å². The zero-order chi connectivity index (χ0) is 10.5. The summed E-state index contributed by atoms with van der Waals surface area (Å²) in [6, 6.07) is 0. The average Bonchev–Trinajstić information content (AvgIpc) is 2.81. The number of nitrogens with zero attached hydrogens (tertiary/aromatic N) is 1. The number of piperidine rings is 1. The number of ketones is 1. The Morgan fingerprint density at radius 1 is 1.69 bits per heavy atom. The standard InChI is InChI=1S/C10H14N2O2S.ClH/c13-9(10-12-4-5-15-10)7-14-8-2-1-3-11-6-8;/h4-5,8,11H,1-3,6-7H2;1H/t8-;/m1./s1. The number of carbonyl (C=O) groups excluding carboxylic acids is 1. The highest BCUT2D eigenvalue weighted by atomic mass is 35.5. The van der Waals surface area contributed by atoms with Crippen LogP contribution in [0.2, 0.25) is 0 Å². The summed E-state index contributed by atoms with van der Waals surface area (Å²) >= 11 is 1.36. The second-order valence-corrected chi connectivity index (χ2v) is 4.43. The first-order valence-corrected chi connectivity index (χ1v) is 5.99. The quantitative estimate of drug-likeness (QED) is 0.836. The minimum atomic E-state index is -0.0180. The lowest BCUT2D eigenvalue weighted by Crippen LogP contribution is -2.36. The second-order valence-electron chi connectivity index (χ2n) is 3.54. The zero-order valence-corrected chi connectivity index (χ0v) is 10.5. The number of Topliss-reactive ketones (excluding diaryl/α,β-unsaturated/α-hetero) is 1. The molecule has 16 heavy (non-hydrogen) atoms. The molecule has 4 nitrogen and oxygen atoms in total. The molecule has 1 aromatic heterocycles. The van der Waals surface area contributed by atoms with Crippen LogP contribution in [0.4, 0.5) is 0 Å². The third kappa shape index (κ3) is 3.83. The summed E-state index contributed by atoms with van der Waals surface area (Å²) in [5.41, 5.74) is 0. The van der Waals surface area contributed by atoms with Crippen molar-refractivity contribution in [2.75, 3.05) is 19.7 Å². The average molecular weight is 263 g/mol. The lowest BCUT2D eigenvalue weighted by molar-refractivity contribution is 0.0347. The van der Waals surface area contributed by atoms with E-state index in [2.05, 4.69) is 10.3 Å². The van der Waals surface area contributed by atoms with Crippen LogP contribution >= 0.6 is 23.7 Å². The molecule has 1 N–H and O–H groups in total. The third-order valence-corrected chi connectivity index (χ3v) is 3.19. The molecule has 1 aliphatic rings. The first-order chi connectivity index (χ1) is 7.36. The van der Waals surface area contributed by atoms with Gasteiger partial charge in [-0.05, 0) is 19.4 Å². The van der Waals surface area contributed by atoms with Crippen LogP contribution in [0.25, 0.3) is 0 Å². The van der Waals surface area contributed by atoms with Crippen molar-refractivity contribution in [3.05, 3.63) is 16.6 Å². The molecule has 1 atom stereocenters. The molecular weight excluding hydrogens is 248 g/mol. The molecular formula is C10H15ClN2O2S. The summed E-state index contributed by atoms with van der Waals surface area (Å²) in [4.78, 5) is 15.5. The van der Waals surface area contributed by atoms with Gasteiger partial charge < -0.3 is 10.1 Å². The van der Waals surface area contributed by atoms with E-state index in [9.17, 15) is 4.79 Å². The molecule has 0 saturated carbocycles. The van der Waals surface area contributed by atoms with E-state index in [1.165, 1.54) is 11.3 Å². The minimum absolute atomic E-state index is 0. The molecule has 90 valence electrons. The molecule has 1 saturated heterocycles. The molecule has 1 aliphatic heterocycles. The van der Waals surface area contributed by atoms with Gasteiger partial charge in [0.1, 0.15) is 6.61 Å². The Labute approximate surface area is 105 Å². The normalized spacial score (nSPS) is 20.1. The van der Waals surface area contributed by atoms with Crippen molar-refractivity contribution in [1.29, 1.82) is 0 Å². The fourth-order valence-electron chi connectivity index (χ4n) is 1.58. The fraction of sp³-hybridized carbons (Fsp3) is 0.600. The topological polar surface area (TPSA) is 51.2 Å². The predicted octanol–water partition coefficient (Wildman–Crippen LogP) is 1.52. The Morgan fingerprint density at radius 2 is 2.56 bits per heavy atom. The van der Waals surface area contributed by atoms with E-state index < -0.39 is 0 Å². The maximum absolute atomic E-state index is 11.6. The number of rotatable bonds is 4. The summed E-state index contributed by atoms with van der Waals surface area (Å²) < 4.78 is 5.52. The first-order valence-electron chi connectivity index (χ1n) is 5.11. The van der Waals surface area contributed by atoms with Gasteiger partial charge >= 0.3 is 0 Å². The maximum Gasteiger partial charge on any atom is 0.216 e. The molecule has 0 unspecified atom stereocenters. The van der Waals surface area contributed by atoms with E-state index in [4.69, 9.17) is 4.74 Å². The van der Waals surface area contributed by atoms with E-state index in [1.54, 1.807) is 11.6 Å². The minimum Gasteiger partial charge on any atom is -0.369 e. The van der Waals surface area contributed by atoms with Gasteiger partial charge in [-0.15, -0.1) is 23.7 Å². The third-order valence-electron chi connectivity index (χ3n) is 2.37. The van der Waals surface area contributed by atoms with E-state index >= 15 is 0 Å². The van der Waals surface area contributed by atoms with Crippen LogP contribution in [-0.4, -0.2) is 36.6 Å². The number of nitrogens with one attached hydrogen (secondary N) is 1. The summed E-state index contributed by atoms with van der Waals surface area (Å²) in [5.74, 6) is -0.0180. The molecule has 0 aromatic carbocycles. The molecule has 2 heterocycles. The zero-order valence-electron chi connectivity index (χ0n) is 8.85. The molecule has 1 aromatic rings. The molecule has 6 heteroatoms. The van der Waals surface area contributed by atoms with Gasteiger partial charge in [-0.3, -0.25) is 4.79 Å². The number of carbonyl (C=O) groups is 1. The van der Waals surface area contributed by atoms with Gasteiger partial charge in [0.25, 0.3) is 0 Å². The summed E-state index contributed by atoms with van der Waals surface area (Å²) in [5, 5.41) is 5.59. The van der Waals surface area contributed by atoms with Crippen molar-refractivity contribution in [2.45, 2.75) is 18.9 Å². The van der Waals surface area contributed by atoms with E-state index in [1.807, 2.05) is 0 Å². The van der Waals surface area contributed by atoms with Crippen molar-refractivity contribution in [3.8, 4) is 0 Å². The number of ether oxygens (including phenoxy) is 1.